The molecule has 1 aliphatic rings. The molecule has 3 rings (SSSR count). The number of H-pyrrole nitrogens is 1. The number of nitrogens with one attached hydrogen (secondary N) is 1. The number of aromatic amines is 1. The number of rotatable bonds is 3. The number of anilines is 1. The van der Waals surface area contributed by atoms with Crippen LogP contribution in [0.2, 0.25) is 5.15 Å². The molecule has 1 saturated heterocycles. The van der Waals surface area contributed by atoms with Gasteiger partial charge in [0, 0.05) is 26.3 Å². The van der Waals surface area contributed by atoms with Gasteiger partial charge >= 0.3 is 0 Å². The number of hydrogen-bond donors (Lipinski definition) is 1. The summed E-state index contributed by atoms with van der Waals surface area (Å²) in [4.78, 5) is 14.1. The standard InChI is InChI=1S/C14H19ClN4O2/c1-14(2)7-19(5-9(21-14)6-20-3)13-12-10(16-8-17-12)4-11(15)18-13/h4,8-9H,5-7H2,1-3H3,(H,16,17)/t9-/m1/s1. The van der Waals surface area contributed by atoms with E-state index in [1.807, 2.05) is 0 Å². The van der Waals surface area contributed by atoms with Crippen molar-refractivity contribution in [3.63, 3.8) is 0 Å². The number of halogens is 1. The van der Waals surface area contributed by atoms with Gasteiger partial charge in [-0.05, 0) is 13.8 Å². The molecule has 0 bridgehead atoms. The van der Waals surface area contributed by atoms with Gasteiger partial charge in [-0.1, -0.05) is 11.6 Å². The number of aromatic nitrogens is 3. The van der Waals surface area contributed by atoms with Crippen LogP contribution in [0.3, 0.4) is 0 Å². The number of fused-ring (bicyclic) bond motifs is 1. The monoisotopic (exact) mass is 310 g/mol. The summed E-state index contributed by atoms with van der Waals surface area (Å²) >= 11 is 6.13. The molecule has 0 aromatic carbocycles. The Morgan fingerprint density at radius 2 is 2.38 bits per heavy atom. The summed E-state index contributed by atoms with van der Waals surface area (Å²) in [5, 5.41) is 0.453. The Balaban J connectivity index is 1.98. The Morgan fingerprint density at radius 1 is 1.57 bits per heavy atom. The van der Waals surface area contributed by atoms with Gasteiger partial charge in [-0.2, -0.15) is 0 Å². The molecule has 1 aliphatic heterocycles. The van der Waals surface area contributed by atoms with Crippen molar-refractivity contribution in [1.82, 2.24) is 15.0 Å². The van der Waals surface area contributed by atoms with Crippen molar-refractivity contribution in [2.24, 2.45) is 0 Å². The third-order valence-electron chi connectivity index (χ3n) is 3.49. The van der Waals surface area contributed by atoms with Crippen LogP contribution in [0.1, 0.15) is 13.8 Å². The molecule has 1 N–H and O–H groups in total. The number of methoxy groups -OCH3 is 1. The highest BCUT2D eigenvalue weighted by Crippen LogP contribution is 2.30. The normalized spacial score (nSPS) is 21.9. The molecular weight excluding hydrogens is 292 g/mol. The largest absolute Gasteiger partial charge is 0.382 e. The lowest BCUT2D eigenvalue weighted by Gasteiger charge is -2.43. The maximum Gasteiger partial charge on any atom is 0.158 e. The van der Waals surface area contributed by atoms with Crippen LogP contribution in [-0.2, 0) is 9.47 Å². The zero-order chi connectivity index (χ0) is 15.0. The summed E-state index contributed by atoms with van der Waals surface area (Å²) in [5.74, 6) is 0.788. The van der Waals surface area contributed by atoms with E-state index in [1.165, 1.54) is 0 Å². The molecule has 3 heterocycles. The third-order valence-corrected chi connectivity index (χ3v) is 3.68. The van der Waals surface area contributed by atoms with Gasteiger partial charge in [0.2, 0.25) is 0 Å². The van der Waals surface area contributed by atoms with Crippen LogP contribution in [0, 0.1) is 0 Å². The van der Waals surface area contributed by atoms with Gasteiger partial charge in [0.15, 0.2) is 5.82 Å². The first-order chi connectivity index (χ1) is 9.98. The molecule has 1 fully saturated rings. The van der Waals surface area contributed by atoms with Gasteiger partial charge in [-0.15, -0.1) is 0 Å². The van der Waals surface area contributed by atoms with E-state index >= 15 is 0 Å². The molecule has 0 radical (unpaired) electrons. The van der Waals surface area contributed by atoms with Gasteiger partial charge in [0.05, 0.1) is 30.2 Å². The Kier molecular flexibility index (Phi) is 3.77. The zero-order valence-electron chi connectivity index (χ0n) is 12.4. The highest BCUT2D eigenvalue weighted by atomic mass is 35.5. The molecule has 6 nitrogen and oxygen atoms in total. The SMILES string of the molecule is COC[C@H]1CN(c2nc(Cl)cc3[nH]cnc23)CC(C)(C)O1. The van der Waals surface area contributed by atoms with Crippen LogP contribution in [0.25, 0.3) is 11.0 Å². The second-order valence-electron chi connectivity index (χ2n) is 5.90. The molecule has 1 atom stereocenters. The minimum absolute atomic E-state index is 0.00600. The molecule has 0 saturated carbocycles. The maximum atomic E-state index is 6.13. The quantitative estimate of drug-likeness (QED) is 0.881. The minimum atomic E-state index is -0.284. The molecule has 0 spiro atoms. The van der Waals surface area contributed by atoms with E-state index in [4.69, 9.17) is 21.1 Å². The summed E-state index contributed by atoms with van der Waals surface area (Å²) in [5.41, 5.74) is 1.43. The second-order valence-corrected chi connectivity index (χ2v) is 6.29. The average Bonchev–Trinajstić information content (AvgIpc) is 2.84. The van der Waals surface area contributed by atoms with Gasteiger partial charge in [0.25, 0.3) is 0 Å². The third kappa shape index (κ3) is 2.97. The Bertz CT molecular complexity index is 643. The topological polar surface area (TPSA) is 63.3 Å². The summed E-state index contributed by atoms with van der Waals surface area (Å²) in [6.45, 7) is 6.10. The number of ether oxygens (including phenoxy) is 2. The van der Waals surface area contributed by atoms with E-state index in [9.17, 15) is 0 Å². The van der Waals surface area contributed by atoms with Gasteiger partial charge in [-0.3, -0.25) is 0 Å². The molecular formula is C14H19ClN4O2. The zero-order valence-corrected chi connectivity index (χ0v) is 13.1. The van der Waals surface area contributed by atoms with E-state index in [2.05, 4.69) is 33.7 Å². The molecule has 2 aromatic heterocycles. The molecule has 0 amide bonds. The fourth-order valence-electron chi connectivity index (χ4n) is 2.85. The predicted molar refractivity (Wildman–Crippen MR) is 81.9 cm³/mol. The second kappa shape index (κ2) is 5.44. The molecule has 21 heavy (non-hydrogen) atoms. The lowest BCUT2D eigenvalue weighted by atomic mass is 10.1. The van der Waals surface area contributed by atoms with Gasteiger partial charge in [0.1, 0.15) is 10.7 Å². The van der Waals surface area contributed by atoms with Crippen LogP contribution in [-0.4, -0.2) is 53.5 Å². The van der Waals surface area contributed by atoms with E-state index in [1.54, 1.807) is 19.5 Å². The van der Waals surface area contributed by atoms with Crippen molar-refractivity contribution < 1.29 is 9.47 Å². The Morgan fingerprint density at radius 3 is 3.14 bits per heavy atom. The smallest absolute Gasteiger partial charge is 0.158 e. The first-order valence-corrected chi connectivity index (χ1v) is 7.27. The number of nitrogens with zero attached hydrogens (tertiary/aromatic N) is 3. The lowest BCUT2D eigenvalue weighted by Crippen LogP contribution is -2.54. The molecule has 7 heteroatoms. The van der Waals surface area contributed by atoms with Crippen molar-refractivity contribution >= 4 is 28.5 Å². The Labute approximate surface area is 128 Å². The molecule has 0 unspecified atom stereocenters. The number of pyridine rings is 1. The van der Waals surface area contributed by atoms with E-state index in [-0.39, 0.29) is 11.7 Å². The van der Waals surface area contributed by atoms with E-state index in [0.717, 1.165) is 23.4 Å². The van der Waals surface area contributed by atoms with Crippen molar-refractivity contribution in [1.29, 1.82) is 0 Å². The summed E-state index contributed by atoms with van der Waals surface area (Å²) in [6.07, 6.45) is 1.65. The van der Waals surface area contributed by atoms with Crippen molar-refractivity contribution in [3.05, 3.63) is 17.5 Å². The highest BCUT2D eigenvalue weighted by molar-refractivity contribution is 6.30. The van der Waals surface area contributed by atoms with Gasteiger partial charge in [-0.25, -0.2) is 9.97 Å². The van der Waals surface area contributed by atoms with Crippen molar-refractivity contribution in [2.75, 3.05) is 31.7 Å². The molecule has 114 valence electrons. The summed E-state index contributed by atoms with van der Waals surface area (Å²) in [6, 6.07) is 1.78. The van der Waals surface area contributed by atoms with Crippen molar-refractivity contribution in [3.8, 4) is 0 Å². The molecule has 2 aromatic rings. The van der Waals surface area contributed by atoms with Crippen LogP contribution in [0.4, 0.5) is 5.82 Å². The summed E-state index contributed by atoms with van der Waals surface area (Å²) < 4.78 is 11.3. The minimum Gasteiger partial charge on any atom is -0.382 e. The predicted octanol–water partition coefficient (Wildman–Crippen LogP) is 2.24. The van der Waals surface area contributed by atoms with E-state index < -0.39 is 0 Å². The highest BCUT2D eigenvalue weighted by Gasteiger charge is 2.35. The fraction of sp³-hybridized carbons (Fsp3) is 0.571. The van der Waals surface area contributed by atoms with Crippen LogP contribution >= 0.6 is 11.6 Å². The van der Waals surface area contributed by atoms with Crippen LogP contribution < -0.4 is 4.90 Å². The number of morpholine rings is 1. The van der Waals surface area contributed by atoms with Crippen molar-refractivity contribution in [2.45, 2.75) is 25.6 Å². The summed E-state index contributed by atoms with van der Waals surface area (Å²) in [7, 11) is 1.68. The Hall–Kier alpha value is -1.37. The fourth-order valence-corrected chi connectivity index (χ4v) is 3.04. The van der Waals surface area contributed by atoms with Gasteiger partial charge < -0.3 is 19.4 Å². The van der Waals surface area contributed by atoms with Crippen LogP contribution in [0.15, 0.2) is 12.4 Å². The molecule has 0 aliphatic carbocycles. The van der Waals surface area contributed by atoms with Crippen LogP contribution in [0.5, 0.6) is 0 Å². The first-order valence-electron chi connectivity index (χ1n) is 6.90. The lowest BCUT2D eigenvalue weighted by molar-refractivity contribution is -0.106. The average molecular weight is 311 g/mol. The number of imidazole rings is 1. The number of hydrogen-bond acceptors (Lipinski definition) is 5. The maximum absolute atomic E-state index is 6.13. The van der Waals surface area contributed by atoms with E-state index in [0.29, 0.717) is 18.3 Å². The first kappa shape index (κ1) is 14.6.